The van der Waals surface area contributed by atoms with Gasteiger partial charge in [-0.15, -0.1) is 0 Å². The highest BCUT2D eigenvalue weighted by Gasteiger charge is 2.38. The Morgan fingerprint density at radius 3 is 2.02 bits per heavy atom. The number of nitrogens with one attached hydrogen (secondary N) is 2. The van der Waals surface area contributed by atoms with Gasteiger partial charge in [0.15, 0.2) is 0 Å². The van der Waals surface area contributed by atoms with Crippen molar-refractivity contribution in [3.8, 4) is 0 Å². The van der Waals surface area contributed by atoms with Gasteiger partial charge in [0, 0.05) is 12.2 Å². The minimum Gasteiger partial charge on any atom is -0.444 e. The van der Waals surface area contributed by atoms with Gasteiger partial charge < -0.3 is 20.3 Å². The van der Waals surface area contributed by atoms with Gasteiger partial charge in [-0.25, -0.2) is 4.79 Å². The molecule has 43 heavy (non-hydrogen) atoms. The molecule has 0 saturated carbocycles. The topological polar surface area (TPSA) is 87.7 Å². The van der Waals surface area contributed by atoms with Gasteiger partial charge in [-0.1, -0.05) is 94.8 Å². The van der Waals surface area contributed by atoms with Gasteiger partial charge in [-0.05, 0) is 83.1 Å². The Labute approximate surface area is 260 Å². The van der Waals surface area contributed by atoms with Crippen LogP contribution >= 0.6 is 0 Å². The van der Waals surface area contributed by atoms with E-state index in [0.29, 0.717) is 6.54 Å². The van der Waals surface area contributed by atoms with Gasteiger partial charge in [-0.3, -0.25) is 9.59 Å². The van der Waals surface area contributed by atoms with E-state index in [4.69, 9.17) is 4.74 Å². The number of carbonyl (C=O) groups is 3. The summed E-state index contributed by atoms with van der Waals surface area (Å²) in [5.74, 6) is -0.798. The number of rotatable bonds is 14. The lowest BCUT2D eigenvalue weighted by atomic mass is 9.94. The fraction of sp³-hybridized carbons (Fsp3) is 0.583. The molecule has 238 valence electrons. The van der Waals surface area contributed by atoms with Gasteiger partial charge in [-0.2, -0.15) is 0 Å². The van der Waals surface area contributed by atoms with Crippen LogP contribution in [0.3, 0.4) is 0 Å². The molecule has 3 amide bonds. The summed E-state index contributed by atoms with van der Waals surface area (Å²) in [4.78, 5) is 43.4. The summed E-state index contributed by atoms with van der Waals surface area (Å²) in [5, 5.41) is 5.99. The molecule has 2 aromatic carbocycles. The molecule has 0 aliphatic rings. The fourth-order valence-corrected chi connectivity index (χ4v) is 5.34. The third-order valence-corrected chi connectivity index (χ3v) is 7.65. The van der Waals surface area contributed by atoms with Crippen LogP contribution in [0.2, 0.25) is 0 Å². The van der Waals surface area contributed by atoms with E-state index in [1.54, 1.807) is 25.7 Å². The summed E-state index contributed by atoms with van der Waals surface area (Å²) < 4.78 is 5.51. The summed E-state index contributed by atoms with van der Waals surface area (Å²) >= 11 is 0. The number of hydrogen-bond acceptors (Lipinski definition) is 4. The summed E-state index contributed by atoms with van der Waals surface area (Å²) in [5.41, 5.74) is 4.73. The molecule has 0 aromatic heterocycles. The quantitative estimate of drug-likeness (QED) is 0.216. The third kappa shape index (κ3) is 11.0. The molecule has 0 aliphatic carbocycles. The van der Waals surface area contributed by atoms with Crippen LogP contribution in [0.4, 0.5) is 10.5 Å². The smallest absolute Gasteiger partial charge is 0.408 e. The summed E-state index contributed by atoms with van der Waals surface area (Å²) in [7, 11) is 0. The van der Waals surface area contributed by atoms with Gasteiger partial charge in [0.1, 0.15) is 17.7 Å². The lowest BCUT2D eigenvalue weighted by Crippen LogP contribution is -2.54. The SMILES string of the molecule is CCCCCCCCN(C(=O)C(NC(=O)OC(C)(C)C)C(C)C)C(C(=O)Nc1c(C)cccc1C)c1ccc(C)cc1C. The maximum Gasteiger partial charge on any atom is 0.408 e. The van der Waals surface area contributed by atoms with E-state index in [0.717, 1.165) is 65.6 Å². The van der Waals surface area contributed by atoms with E-state index in [-0.39, 0.29) is 17.7 Å². The van der Waals surface area contributed by atoms with Crippen molar-refractivity contribution in [2.24, 2.45) is 5.92 Å². The van der Waals surface area contributed by atoms with Crippen molar-refractivity contribution in [2.75, 3.05) is 11.9 Å². The van der Waals surface area contributed by atoms with E-state index in [1.165, 1.54) is 6.42 Å². The van der Waals surface area contributed by atoms with Gasteiger partial charge >= 0.3 is 6.09 Å². The maximum absolute atomic E-state index is 14.5. The molecule has 2 aromatic rings. The molecule has 2 unspecified atom stereocenters. The highest BCUT2D eigenvalue weighted by molar-refractivity contribution is 6.00. The first-order chi connectivity index (χ1) is 20.2. The van der Waals surface area contributed by atoms with Crippen molar-refractivity contribution < 1.29 is 19.1 Å². The highest BCUT2D eigenvalue weighted by Crippen LogP contribution is 2.30. The second kappa shape index (κ2) is 16.5. The summed E-state index contributed by atoms with van der Waals surface area (Å²) in [6, 6.07) is 10.1. The first kappa shape index (κ1) is 35.8. The summed E-state index contributed by atoms with van der Waals surface area (Å²) in [6.45, 7) is 19.7. The van der Waals surface area contributed by atoms with Gasteiger partial charge in [0.2, 0.25) is 5.91 Å². The number of ether oxygens (including phenoxy) is 1. The average Bonchev–Trinajstić information content (AvgIpc) is 2.90. The Balaban J connectivity index is 2.59. The minimum atomic E-state index is -0.885. The largest absolute Gasteiger partial charge is 0.444 e. The molecule has 0 fully saturated rings. The minimum absolute atomic E-state index is 0.228. The lowest BCUT2D eigenvalue weighted by molar-refractivity contribution is -0.141. The third-order valence-electron chi connectivity index (χ3n) is 7.65. The zero-order chi connectivity index (χ0) is 32.3. The van der Waals surface area contributed by atoms with Crippen LogP contribution in [-0.2, 0) is 14.3 Å². The van der Waals surface area contributed by atoms with Gasteiger partial charge in [0.25, 0.3) is 5.91 Å². The number of carbonyl (C=O) groups excluding carboxylic acids is 3. The van der Waals surface area contributed by atoms with Crippen LogP contribution in [0.5, 0.6) is 0 Å². The molecule has 2 N–H and O–H groups in total. The number of hydrogen-bond donors (Lipinski definition) is 2. The zero-order valence-corrected chi connectivity index (χ0v) is 28.2. The Kier molecular flexibility index (Phi) is 13.7. The molecule has 0 spiro atoms. The molecule has 7 heteroatoms. The number of para-hydroxylation sites is 1. The van der Waals surface area contributed by atoms with Crippen LogP contribution in [-0.4, -0.2) is 41.0 Å². The maximum atomic E-state index is 14.5. The van der Waals surface area contributed by atoms with Crippen molar-refractivity contribution >= 4 is 23.6 Å². The highest BCUT2D eigenvalue weighted by atomic mass is 16.6. The standard InChI is InChI=1S/C36H55N3O4/c1-11-12-13-14-15-16-22-39(34(41)30(24(2)3)38-35(42)43-36(8,9)10)32(29-21-20-25(4)23-28(29)7)33(40)37-31-26(5)18-17-19-27(31)6/h17-21,23-24,30,32H,11-16,22H2,1-10H3,(H,37,40)(H,38,42). The molecule has 0 saturated heterocycles. The average molecular weight is 594 g/mol. The first-order valence-electron chi connectivity index (χ1n) is 15.9. The number of alkyl carbamates (subject to hydrolysis) is 1. The van der Waals surface area contributed by atoms with Crippen molar-refractivity contribution in [2.45, 2.75) is 125 Å². The number of amides is 3. The fourth-order valence-electron chi connectivity index (χ4n) is 5.34. The second-order valence-corrected chi connectivity index (χ2v) is 13.2. The van der Waals surface area contributed by atoms with Crippen LogP contribution in [0, 0.1) is 33.6 Å². The zero-order valence-electron chi connectivity index (χ0n) is 28.2. The van der Waals surface area contributed by atoms with Crippen LogP contribution < -0.4 is 10.6 Å². The van der Waals surface area contributed by atoms with Gasteiger partial charge in [0.05, 0.1) is 0 Å². The molecule has 0 radical (unpaired) electrons. The second-order valence-electron chi connectivity index (χ2n) is 13.2. The molecule has 0 aliphatic heterocycles. The van der Waals surface area contributed by atoms with Crippen LogP contribution in [0.1, 0.15) is 114 Å². The Bertz CT molecular complexity index is 1210. The number of anilines is 1. The number of unbranched alkanes of at least 4 members (excludes halogenated alkanes) is 5. The van der Waals surface area contributed by atoms with E-state index < -0.39 is 23.8 Å². The molecule has 0 bridgehead atoms. The molecule has 2 rings (SSSR count). The Hall–Kier alpha value is -3.35. The van der Waals surface area contributed by atoms with E-state index in [2.05, 4.69) is 17.6 Å². The molecule has 7 nitrogen and oxygen atoms in total. The van der Waals surface area contributed by atoms with E-state index in [9.17, 15) is 14.4 Å². The lowest BCUT2D eigenvalue weighted by Gasteiger charge is -2.36. The molecular weight excluding hydrogens is 538 g/mol. The summed E-state index contributed by atoms with van der Waals surface area (Å²) in [6.07, 6.45) is 5.61. The Morgan fingerprint density at radius 2 is 1.47 bits per heavy atom. The van der Waals surface area contributed by atoms with E-state index in [1.807, 2.05) is 77.9 Å². The number of nitrogens with zero attached hydrogens (tertiary/aromatic N) is 1. The van der Waals surface area contributed by atoms with Crippen molar-refractivity contribution in [1.29, 1.82) is 0 Å². The molecular formula is C36H55N3O4. The number of benzene rings is 2. The van der Waals surface area contributed by atoms with Crippen molar-refractivity contribution in [3.63, 3.8) is 0 Å². The molecule has 2 atom stereocenters. The van der Waals surface area contributed by atoms with Crippen LogP contribution in [0.15, 0.2) is 36.4 Å². The van der Waals surface area contributed by atoms with Crippen LogP contribution in [0.25, 0.3) is 0 Å². The first-order valence-corrected chi connectivity index (χ1v) is 15.9. The van der Waals surface area contributed by atoms with Crippen molar-refractivity contribution in [1.82, 2.24) is 10.2 Å². The number of aryl methyl sites for hydroxylation is 4. The predicted octanol–water partition coefficient (Wildman–Crippen LogP) is 8.34. The Morgan fingerprint density at radius 1 is 0.860 bits per heavy atom. The van der Waals surface area contributed by atoms with Crippen molar-refractivity contribution in [3.05, 3.63) is 64.2 Å². The van der Waals surface area contributed by atoms with E-state index >= 15 is 0 Å². The normalized spacial score (nSPS) is 12.9. The predicted molar refractivity (Wildman–Crippen MR) is 176 cm³/mol. The molecule has 0 heterocycles. The monoisotopic (exact) mass is 593 g/mol.